The first-order chi connectivity index (χ1) is 10.4. The second kappa shape index (κ2) is 6.28. The molecular weight excluding hydrogens is 296 g/mol. The maximum Gasteiger partial charge on any atom is 0.203 e. The van der Waals surface area contributed by atoms with Crippen molar-refractivity contribution < 1.29 is 0 Å². The Hall–Kier alpha value is -2.20. The number of hydrogen-bond acceptors (Lipinski definition) is 3. The van der Waals surface area contributed by atoms with Crippen LogP contribution in [0, 0.1) is 0 Å². The van der Waals surface area contributed by atoms with Gasteiger partial charge in [0.05, 0.1) is 11.0 Å². The van der Waals surface area contributed by atoms with Gasteiger partial charge in [0.25, 0.3) is 0 Å². The number of para-hydroxylation sites is 3. The normalized spacial score (nSPS) is 14.9. The second-order valence-corrected chi connectivity index (χ2v) is 5.39. The van der Waals surface area contributed by atoms with Crippen LogP contribution in [-0.4, -0.2) is 36.1 Å². The summed E-state index contributed by atoms with van der Waals surface area (Å²) in [5.41, 5.74) is 3.46. The number of aromatic amines is 1. The van der Waals surface area contributed by atoms with Crippen molar-refractivity contribution in [1.82, 2.24) is 9.97 Å². The molecule has 0 atom stereocenters. The maximum absolute atomic E-state index is 4.69. The maximum atomic E-state index is 4.69. The van der Waals surface area contributed by atoms with Crippen LogP contribution in [-0.2, 0) is 0 Å². The summed E-state index contributed by atoms with van der Waals surface area (Å²) >= 11 is 0. The molecule has 4 rings (SSSR count). The molecule has 0 spiro atoms. The molecule has 5 heteroatoms. The van der Waals surface area contributed by atoms with Gasteiger partial charge < -0.3 is 14.8 Å². The molecule has 114 valence electrons. The Morgan fingerprint density at radius 3 is 2.14 bits per heavy atom. The molecule has 22 heavy (non-hydrogen) atoms. The van der Waals surface area contributed by atoms with E-state index in [0.717, 1.165) is 43.2 Å². The molecule has 1 aromatic heterocycles. The summed E-state index contributed by atoms with van der Waals surface area (Å²) in [5, 5.41) is 0. The van der Waals surface area contributed by atoms with E-state index in [-0.39, 0.29) is 12.4 Å². The lowest BCUT2D eigenvalue weighted by Gasteiger charge is -2.35. The molecule has 3 aromatic rings. The number of benzene rings is 2. The first kappa shape index (κ1) is 14.7. The number of rotatable bonds is 2. The summed E-state index contributed by atoms with van der Waals surface area (Å²) in [6.45, 7) is 4.05. The Morgan fingerprint density at radius 1 is 0.773 bits per heavy atom. The lowest BCUT2D eigenvalue weighted by molar-refractivity contribution is 0.643. The first-order valence-corrected chi connectivity index (χ1v) is 7.40. The van der Waals surface area contributed by atoms with Crippen LogP contribution in [0.5, 0.6) is 0 Å². The third kappa shape index (κ3) is 2.74. The standard InChI is InChI=1S/C17H18N4.ClH/c1-2-6-14(7-3-1)20-10-12-21(13-11-20)17-18-15-8-4-5-9-16(15)19-17;/h1-9H,10-13H2,(H,18,19);1H. The fourth-order valence-corrected chi connectivity index (χ4v) is 2.90. The van der Waals surface area contributed by atoms with Gasteiger partial charge in [-0.3, -0.25) is 0 Å². The molecule has 1 saturated heterocycles. The number of halogens is 1. The van der Waals surface area contributed by atoms with Crippen molar-refractivity contribution in [2.24, 2.45) is 0 Å². The fourth-order valence-electron chi connectivity index (χ4n) is 2.90. The smallest absolute Gasteiger partial charge is 0.203 e. The summed E-state index contributed by atoms with van der Waals surface area (Å²) in [5.74, 6) is 0.990. The van der Waals surface area contributed by atoms with Crippen LogP contribution in [0.3, 0.4) is 0 Å². The van der Waals surface area contributed by atoms with Crippen molar-refractivity contribution in [2.75, 3.05) is 36.0 Å². The van der Waals surface area contributed by atoms with Crippen molar-refractivity contribution in [3.05, 3.63) is 54.6 Å². The Morgan fingerprint density at radius 2 is 1.41 bits per heavy atom. The molecular formula is C17H19ClN4. The molecule has 0 aliphatic carbocycles. The van der Waals surface area contributed by atoms with E-state index < -0.39 is 0 Å². The highest BCUT2D eigenvalue weighted by molar-refractivity contribution is 5.85. The number of fused-ring (bicyclic) bond motifs is 1. The predicted octanol–water partition coefficient (Wildman–Crippen LogP) is 3.31. The molecule has 0 radical (unpaired) electrons. The van der Waals surface area contributed by atoms with Crippen LogP contribution in [0.4, 0.5) is 11.6 Å². The molecule has 1 aliphatic rings. The van der Waals surface area contributed by atoms with Gasteiger partial charge in [0.2, 0.25) is 5.95 Å². The zero-order chi connectivity index (χ0) is 14.1. The number of piperazine rings is 1. The minimum absolute atomic E-state index is 0. The average molecular weight is 315 g/mol. The van der Waals surface area contributed by atoms with Crippen LogP contribution in [0.25, 0.3) is 11.0 Å². The topological polar surface area (TPSA) is 35.2 Å². The Balaban J connectivity index is 0.00000144. The second-order valence-electron chi connectivity index (χ2n) is 5.39. The Kier molecular flexibility index (Phi) is 4.20. The van der Waals surface area contributed by atoms with Gasteiger partial charge in [-0.2, -0.15) is 0 Å². The van der Waals surface area contributed by atoms with Gasteiger partial charge in [-0.1, -0.05) is 30.3 Å². The molecule has 4 nitrogen and oxygen atoms in total. The van der Waals surface area contributed by atoms with Crippen LogP contribution in [0.15, 0.2) is 54.6 Å². The molecule has 1 fully saturated rings. The molecule has 1 N–H and O–H groups in total. The Labute approximate surface area is 136 Å². The third-order valence-electron chi connectivity index (χ3n) is 4.08. The van der Waals surface area contributed by atoms with E-state index >= 15 is 0 Å². The van der Waals surface area contributed by atoms with Crippen LogP contribution < -0.4 is 9.80 Å². The lowest BCUT2D eigenvalue weighted by atomic mass is 10.2. The highest BCUT2D eigenvalue weighted by atomic mass is 35.5. The number of nitrogens with zero attached hydrogens (tertiary/aromatic N) is 3. The van der Waals surface area contributed by atoms with Gasteiger partial charge >= 0.3 is 0 Å². The van der Waals surface area contributed by atoms with E-state index in [2.05, 4.69) is 62.2 Å². The lowest BCUT2D eigenvalue weighted by Crippen LogP contribution is -2.46. The van der Waals surface area contributed by atoms with Crippen molar-refractivity contribution in [3.8, 4) is 0 Å². The van der Waals surface area contributed by atoms with E-state index in [1.165, 1.54) is 5.69 Å². The fraction of sp³-hybridized carbons (Fsp3) is 0.235. The Bertz CT molecular complexity index is 700. The number of aromatic nitrogens is 2. The molecule has 2 aromatic carbocycles. The van der Waals surface area contributed by atoms with E-state index in [1.54, 1.807) is 0 Å². The number of imidazole rings is 1. The average Bonchev–Trinajstić information content (AvgIpc) is 3.00. The summed E-state index contributed by atoms with van der Waals surface area (Å²) in [6, 6.07) is 18.8. The molecule has 0 unspecified atom stereocenters. The number of hydrogen-bond donors (Lipinski definition) is 1. The zero-order valence-electron chi connectivity index (χ0n) is 12.3. The van der Waals surface area contributed by atoms with E-state index in [4.69, 9.17) is 0 Å². The number of nitrogens with one attached hydrogen (secondary N) is 1. The van der Waals surface area contributed by atoms with Gasteiger partial charge in [0.1, 0.15) is 0 Å². The predicted molar refractivity (Wildman–Crippen MR) is 94.2 cm³/mol. The minimum atomic E-state index is 0. The monoisotopic (exact) mass is 314 g/mol. The molecule has 1 aliphatic heterocycles. The first-order valence-electron chi connectivity index (χ1n) is 7.40. The van der Waals surface area contributed by atoms with E-state index in [9.17, 15) is 0 Å². The van der Waals surface area contributed by atoms with Gasteiger partial charge in [-0.25, -0.2) is 4.98 Å². The van der Waals surface area contributed by atoms with Crippen molar-refractivity contribution in [1.29, 1.82) is 0 Å². The molecule has 0 amide bonds. The van der Waals surface area contributed by atoms with Crippen LogP contribution in [0.1, 0.15) is 0 Å². The SMILES string of the molecule is Cl.c1ccc(N2CCN(c3nc4ccccc4[nH]3)CC2)cc1. The van der Waals surface area contributed by atoms with E-state index in [1.807, 2.05) is 12.1 Å². The summed E-state index contributed by atoms with van der Waals surface area (Å²) in [4.78, 5) is 12.9. The minimum Gasteiger partial charge on any atom is -0.368 e. The van der Waals surface area contributed by atoms with E-state index in [0.29, 0.717) is 0 Å². The van der Waals surface area contributed by atoms with Gasteiger partial charge in [-0.15, -0.1) is 12.4 Å². The van der Waals surface area contributed by atoms with Crippen molar-refractivity contribution in [3.63, 3.8) is 0 Å². The number of anilines is 2. The molecule has 2 heterocycles. The molecule has 0 bridgehead atoms. The quantitative estimate of drug-likeness (QED) is 0.788. The van der Waals surface area contributed by atoms with Gasteiger partial charge in [0.15, 0.2) is 0 Å². The zero-order valence-corrected chi connectivity index (χ0v) is 13.1. The van der Waals surface area contributed by atoms with Crippen molar-refractivity contribution >= 4 is 35.1 Å². The van der Waals surface area contributed by atoms with Crippen LogP contribution in [0.2, 0.25) is 0 Å². The van der Waals surface area contributed by atoms with Crippen molar-refractivity contribution in [2.45, 2.75) is 0 Å². The molecule has 0 saturated carbocycles. The third-order valence-corrected chi connectivity index (χ3v) is 4.08. The largest absolute Gasteiger partial charge is 0.368 e. The highest BCUT2D eigenvalue weighted by Gasteiger charge is 2.19. The highest BCUT2D eigenvalue weighted by Crippen LogP contribution is 2.20. The summed E-state index contributed by atoms with van der Waals surface area (Å²) in [6.07, 6.45) is 0. The van der Waals surface area contributed by atoms with Crippen LogP contribution >= 0.6 is 12.4 Å². The number of H-pyrrole nitrogens is 1. The van der Waals surface area contributed by atoms with Gasteiger partial charge in [0, 0.05) is 31.9 Å². The summed E-state index contributed by atoms with van der Waals surface area (Å²) < 4.78 is 0. The van der Waals surface area contributed by atoms with Gasteiger partial charge in [-0.05, 0) is 24.3 Å². The summed E-state index contributed by atoms with van der Waals surface area (Å²) in [7, 11) is 0.